The van der Waals surface area contributed by atoms with Gasteiger partial charge in [0, 0.05) is 18.2 Å². The summed E-state index contributed by atoms with van der Waals surface area (Å²) in [5, 5.41) is 22.6. The fourth-order valence-corrected chi connectivity index (χ4v) is 2.85. The number of aromatic hydroxyl groups is 2. The maximum absolute atomic E-state index is 9.51. The lowest BCUT2D eigenvalue weighted by Gasteiger charge is -2.32. The van der Waals surface area contributed by atoms with Gasteiger partial charge < -0.3 is 15.5 Å². The first-order chi connectivity index (χ1) is 8.56. The Morgan fingerprint density at radius 2 is 1.72 bits per heavy atom. The third-order valence-electron chi connectivity index (χ3n) is 4.00. The van der Waals surface area contributed by atoms with Gasteiger partial charge in [0.2, 0.25) is 0 Å². The Bertz CT molecular complexity index is 385. The number of nitrogens with one attached hydrogen (secondary N) is 1. The molecule has 1 aliphatic rings. The van der Waals surface area contributed by atoms with Crippen molar-refractivity contribution < 1.29 is 10.2 Å². The molecule has 1 aliphatic carbocycles. The van der Waals surface area contributed by atoms with E-state index in [0.29, 0.717) is 12.0 Å². The molecular weight excluding hydrogens is 226 g/mol. The summed E-state index contributed by atoms with van der Waals surface area (Å²) in [4.78, 5) is 0. The number of hydrogen-bond donors (Lipinski definition) is 3. The van der Waals surface area contributed by atoms with Crippen molar-refractivity contribution in [3.8, 4) is 11.5 Å². The van der Waals surface area contributed by atoms with Crippen LogP contribution in [-0.4, -0.2) is 16.3 Å². The molecule has 0 aromatic heterocycles. The molecule has 0 amide bonds. The van der Waals surface area contributed by atoms with Crippen molar-refractivity contribution in [1.29, 1.82) is 0 Å². The summed E-state index contributed by atoms with van der Waals surface area (Å²) in [6, 6.07) is 5.47. The van der Waals surface area contributed by atoms with E-state index in [1.807, 2.05) is 0 Å². The highest BCUT2D eigenvalue weighted by Crippen LogP contribution is 2.28. The van der Waals surface area contributed by atoms with E-state index in [2.05, 4.69) is 19.2 Å². The summed E-state index contributed by atoms with van der Waals surface area (Å²) in [5.74, 6) is 0.942. The molecule has 1 aromatic rings. The minimum atomic E-state index is 0.121. The Hall–Kier alpha value is -1.22. The maximum Gasteiger partial charge on any atom is 0.119 e. The molecule has 3 N–H and O–H groups in total. The number of benzene rings is 1. The third kappa shape index (κ3) is 3.16. The van der Waals surface area contributed by atoms with Gasteiger partial charge in [-0.15, -0.1) is 0 Å². The quantitative estimate of drug-likeness (QED) is 0.770. The van der Waals surface area contributed by atoms with E-state index in [-0.39, 0.29) is 17.5 Å². The summed E-state index contributed by atoms with van der Waals surface area (Å²) < 4.78 is 0. The molecule has 100 valence electrons. The summed E-state index contributed by atoms with van der Waals surface area (Å²) in [7, 11) is 0. The van der Waals surface area contributed by atoms with Crippen LogP contribution in [0.1, 0.15) is 51.1 Å². The molecule has 1 saturated carbocycles. The van der Waals surface area contributed by atoms with E-state index in [0.717, 1.165) is 5.56 Å². The van der Waals surface area contributed by atoms with Crippen LogP contribution in [0.2, 0.25) is 0 Å². The average molecular weight is 249 g/mol. The molecule has 3 unspecified atom stereocenters. The highest BCUT2D eigenvalue weighted by atomic mass is 16.3. The van der Waals surface area contributed by atoms with Gasteiger partial charge in [0.15, 0.2) is 0 Å². The van der Waals surface area contributed by atoms with Crippen LogP contribution in [-0.2, 0) is 0 Å². The molecule has 2 rings (SSSR count). The van der Waals surface area contributed by atoms with Crippen molar-refractivity contribution in [2.75, 3.05) is 0 Å². The molecule has 3 atom stereocenters. The fraction of sp³-hybridized carbons (Fsp3) is 0.600. The van der Waals surface area contributed by atoms with Gasteiger partial charge in [0.05, 0.1) is 0 Å². The lowest BCUT2D eigenvalue weighted by molar-refractivity contribution is 0.263. The predicted molar refractivity (Wildman–Crippen MR) is 72.7 cm³/mol. The van der Waals surface area contributed by atoms with Crippen molar-refractivity contribution in [2.45, 2.75) is 51.6 Å². The molecule has 0 aliphatic heterocycles. The molecule has 0 radical (unpaired) electrons. The van der Waals surface area contributed by atoms with Crippen LogP contribution in [0.5, 0.6) is 11.5 Å². The van der Waals surface area contributed by atoms with Gasteiger partial charge in [0.1, 0.15) is 11.5 Å². The Balaban J connectivity index is 2.04. The van der Waals surface area contributed by atoms with Crippen molar-refractivity contribution in [3.63, 3.8) is 0 Å². The van der Waals surface area contributed by atoms with Crippen LogP contribution in [0.3, 0.4) is 0 Å². The summed E-state index contributed by atoms with van der Waals surface area (Å²) in [6.07, 6.45) is 5.13. The maximum atomic E-state index is 9.51. The van der Waals surface area contributed by atoms with E-state index in [9.17, 15) is 10.2 Å². The van der Waals surface area contributed by atoms with Gasteiger partial charge in [-0.1, -0.05) is 19.8 Å². The van der Waals surface area contributed by atoms with Crippen LogP contribution < -0.4 is 5.32 Å². The molecular formula is C15H23NO2. The number of hydrogen-bond acceptors (Lipinski definition) is 3. The molecule has 0 saturated heterocycles. The van der Waals surface area contributed by atoms with E-state index in [4.69, 9.17) is 0 Å². The summed E-state index contributed by atoms with van der Waals surface area (Å²) in [5.41, 5.74) is 0.935. The Kier molecular flexibility index (Phi) is 4.12. The van der Waals surface area contributed by atoms with Crippen LogP contribution in [0.4, 0.5) is 0 Å². The second-order valence-corrected chi connectivity index (χ2v) is 5.54. The zero-order chi connectivity index (χ0) is 13.1. The van der Waals surface area contributed by atoms with Gasteiger partial charge in [-0.25, -0.2) is 0 Å². The standard InChI is InChI=1S/C15H23NO2/c1-10-5-3-4-6-15(10)16-11(2)12-7-13(17)9-14(18)8-12/h7-11,15-18H,3-6H2,1-2H3. The minimum Gasteiger partial charge on any atom is -0.508 e. The van der Waals surface area contributed by atoms with Gasteiger partial charge >= 0.3 is 0 Å². The predicted octanol–water partition coefficient (Wildman–Crippen LogP) is 3.33. The topological polar surface area (TPSA) is 52.5 Å². The third-order valence-corrected chi connectivity index (χ3v) is 4.00. The van der Waals surface area contributed by atoms with Crippen LogP contribution in [0.15, 0.2) is 18.2 Å². The minimum absolute atomic E-state index is 0.121. The first-order valence-electron chi connectivity index (χ1n) is 6.85. The first kappa shape index (κ1) is 13.2. The fourth-order valence-electron chi connectivity index (χ4n) is 2.85. The number of phenolic OH excluding ortho intramolecular Hbond substituents is 2. The molecule has 0 bridgehead atoms. The first-order valence-corrected chi connectivity index (χ1v) is 6.85. The second-order valence-electron chi connectivity index (χ2n) is 5.54. The monoisotopic (exact) mass is 249 g/mol. The van der Waals surface area contributed by atoms with Gasteiger partial charge in [-0.05, 0) is 43.4 Å². The van der Waals surface area contributed by atoms with Crippen molar-refractivity contribution >= 4 is 0 Å². The van der Waals surface area contributed by atoms with Crippen molar-refractivity contribution in [1.82, 2.24) is 5.32 Å². The van der Waals surface area contributed by atoms with Crippen LogP contribution >= 0.6 is 0 Å². The molecule has 1 aromatic carbocycles. The molecule has 3 nitrogen and oxygen atoms in total. The van der Waals surface area contributed by atoms with Crippen LogP contribution in [0, 0.1) is 5.92 Å². The molecule has 1 fully saturated rings. The lowest BCUT2D eigenvalue weighted by atomic mass is 9.85. The number of phenols is 2. The van der Waals surface area contributed by atoms with Crippen molar-refractivity contribution in [3.05, 3.63) is 23.8 Å². The summed E-state index contributed by atoms with van der Waals surface area (Å²) in [6.45, 7) is 4.37. The smallest absolute Gasteiger partial charge is 0.119 e. The highest BCUT2D eigenvalue weighted by molar-refractivity contribution is 5.37. The van der Waals surface area contributed by atoms with Crippen LogP contribution in [0.25, 0.3) is 0 Å². The van der Waals surface area contributed by atoms with Gasteiger partial charge in [-0.3, -0.25) is 0 Å². The highest BCUT2D eigenvalue weighted by Gasteiger charge is 2.23. The normalized spacial score (nSPS) is 25.9. The average Bonchev–Trinajstić information content (AvgIpc) is 2.31. The Morgan fingerprint density at radius 1 is 1.11 bits per heavy atom. The molecule has 3 heteroatoms. The SMILES string of the molecule is CC(NC1CCCCC1C)c1cc(O)cc(O)c1. The van der Waals surface area contributed by atoms with Gasteiger partial charge in [-0.2, -0.15) is 0 Å². The Morgan fingerprint density at radius 3 is 2.33 bits per heavy atom. The Labute approximate surface area is 109 Å². The lowest BCUT2D eigenvalue weighted by Crippen LogP contribution is -2.38. The van der Waals surface area contributed by atoms with E-state index in [1.165, 1.54) is 31.7 Å². The molecule has 0 heterocycles. The number of rotatable bonds is 3. The van der Waals surface area contributed by atoms with E-state index >= 15 is 0 Å². The largest absolute Gasteiger partial charge is 0.508 e. The zero-order valence-corrected chi connectivity index (χ0v) is 11.2. The molecule has 18 heavy (non-hydrogen) atoms. The van der Waals surface area contributed by atoms with E-state index in [1.54, 1.807) is 12.1 Å². The summed E-state index contributed by atoms with van der Waals surface area (Å²) >= 11 is 0. The second kappa shape index (κ2) is 5.61. The van der Waals surface area contributed by atoms with Gasteiger partial charge in [0.25, 0.3) is 0 Å². The zero-order valence-electron chi connectivity index (χ0n) is 11.2. The van der Waals surface area contributed by atoms with E-state index < -0.39 is 0 Å². The molecule has 0 spiro atoms. The van der Waals surface area contributed by atoms with Crippen molar-refractivity contribution in [2.24, 2.45) is 5.92 Å².